The SMILES string of the molecule is CNC(=O)CC1C(O)C(O)C(CO)N1C(=O)OC(C)(C)C. The molecule has 0 spiro atoms. The molecule has 0 aliphatic carbocycles. The number of carbonyl (C=O) groups excluding carboxylic acids is 2. The number of hydrogen-bond acceptors (Lipinski definition) is 6. The Morgan fingerprint density at radius 2 is 1.71 bits per heavy atom. The van der Waals surface area contributed by atoms with Gasteiger partial charge in [-0.1, -0.05) is 0 Å². The van der Waals surface area contributed by atoms with Crippen LogP contribution < -0.4 is 5.32 Å². The van der Waals surface area contributed by atoms with Gasteiger partial charge in [0.15, 0.2) is 0 Å². The molecule has 1 rings (SSSR count). The van der Waals surface area contributed by atoms with Crippen LogP contribution >= 0.6 is 0 Å². The Bertz CT molecular complexity index is 395. The van der Waals surface area contributed by atoms with Crippen LogP contribution in [0.25, 0.3) is 0 Å². The zero-order chi connectivity index (χ0) is 16.4. The minimum atomic E-state index is -1.34. The molecule has 1 aliphatic heterocycles. The Kier molecular flexibility index (Phi) is 5.54. The lowest BCUT2D eigenvalue weighted by molar-refractivity contribution is -0.122. The third-order valence-corrected chi connectivity index (χ3v) is 3.32. The summed E-state index contributed by atoms with van der Waals surface area (Å²) in [6, 6.07) is -1.96. The molecule has 4 atom stereocenters. The van der Waals surface area contributed by atoms with E-state index in [1.54, 1.807) is 20.8 Å². The molecule has 4 unspecified atom stereocenters. The van der Waals surface area contributed by atoms with Crippen LogP contribution in [0.3, 0.4) is 0 Å². The van der Waals surface area contributed by atoms with Crippen molar-refractivity contribution in [1.82, 2.24) is 10.2 Å². The number of ether oxygens (including phenoxy) is 1. The fourth-order valence-corrected chi connectivity index (χ4v) is 2.32. The number of aliphatic hydroxyl groups is 3. The van der Waals surface area contributed by atoms with Crippen LogP contribution in [0, 0.1) is 0 Å². The highest BCUT2D eigenvalue weighted by Gasteiger charge is 2.51. The van der Waals surface area contributed by atoms with E-state index in [2.05, 4.69) is 5.32 Å². The molecule has 1 saturated heterocycles. The van der Waals surface area contributed by atoms with Gasteiger partial charge < -0.3 is 25.4 Å². The number of nitrogens with zero attached hydrogens (tertiary/aromatic N) is 1. The first-order chi connectivity index (χ1) is 9.62. The molecule has 0 saturated carbocycles. The normalized spacial score (nSPS) is 29.4. The van der Waals surface area contributed by atoms with E-state index in [-0.39, 0.29) is 6.42 Å². The fraction of sp³-hybridized carbons (Fsp3) is 0.846. The van der Waals surface area contributed by atoms with Crippen LogP contribution in [0.4, 0.5) is 4.79 Å². The highest BCUT2D eigenvalue weighted by Crippen LogP contribution is 2.29. The Labute approximate surface area is 123 Å². The van der Waals surface area contributed by atoms with Crippen LogP contribution in [0.1, 0.15) is 27.2 Å². The maximum atomic E-state index is 12.2. The lowest BCUT2D eigenvalue weighted by Crippen LogP contribution is -2.49. The summed E-state index contributed by atoms with van der Waals surface area (Å²) >= 11 is 0. The maximum Gasteiger partial charge on any atom is 0.411 e. The van der Waals surface area contributed by atoms with E-state index < -0.39 is 48.5 Å². The summed E-state index contributed by atoms with van der Waals surface area (Å²) in [6.45, 7) is 4.49. The first-order valence-electron chi connectivity index (χ1n) is 6.81. The van der Waals surface area contributed by atoms with Crippen molar-refractivity contribution >= 4 is 12.0 Å². The van der Waals surface area contributed by atoms with Crippen molar-refractivity contribution in [3.05, 3.63) is 0 Å². The smallest absolute Gasteiger partial charge is 0.411 e. The Morgan fingerprint density at radius 1 is 1.19 bits per heavy atom. The van der Waals surface area contributed by atoms with Gasteiger partial charge in [0.1, 0.15) is 17.8 Å². The molecule has 122 valence electrons. The summed E-state index contributed by atoms with van der Waals surface area (Å²) in [5.74, 6) is -0.390. The molecule has 4 N–H and O–H groups in total. The van der Waals surface area contributed by atoms with E-state index in [9.17, 15) is 24.9 Å². The Hall–Kier alpha value is -1.38. The van der Waals surface area contributed by atoms with E-state index in [1.807, 2.05) is 0 Å². The standard InChI is InChI=1S/C13H24N2O6/c1-13(2,3)21-12(20)15-7(5-9(17)14-4)10(18)11(19)8(15)6-16/h7-8,10-11,16,18-19H,5-6H2,1-4H3,(H,14,17). The largest absolute Gasteiger partial charge is 0.444 e. The number of likely N-dealkylation sites (tertiary alicyclic amines) is 1. The van der Waals surface area contributed by atoms with Gasteiger partial charge in [0.2, 0.25) is 5.91 Å². The minimum Gasteiger partial charge on any atom is -0.444 e. The van der Waals surface area contributed by atoms with Crippen molar-refractivity contribution < 1.29 is 29.6 Å². The molecule has 1 aliphatic rings. The molecule has 2 amide bonds. The zero-order valence-electron chi connectivity index (χ0n) is 12.7. The number of nitrogens with one attached hydrogen (secondary N) is 1. The molecule has 0 aromatic heterocycles. The highest BCUT2D eigenvalue weighted by molar-refractivity contribution is 5.78. The van der Waals surface area contributed by atoms with Crippen LogP contribution in [-0.2, 0) is 9.53 Å². The van der Waals surface area contributed by atoms with Crippen molar-refractivity contribution in [1.29, 1.82) is 0 Å². The molecule has 0 aromatic carbocycles. The molecule has 8 heteroatoms. The zero-order valence-corrected chi connectivity index (χ0v) is 12.7. The van der Waals surface area contributed by atoms with Crippen molar-refractivity contribution in [2.24, 2.45) is 0 Å². The average molecular weight is 304 g/mol. The first-order valence-corrected chi connectivity index (χ1v) is 6.81. The van der Waals surface area contributed by atoms with Crippen LogP contribution in [-0.4, -0.2) is 75.8 Å². The van der Waals surface area contributed by atoms with E-state index in [1.165, 1.54) is 7.05 Å². The van der Waals surface area contributed by atoms with E-state index in [4.69, 9.17) is 4.74 Å². The quantitative estimate of drug-likeness (QED) is 0.521. The maximum absolute atomic E-state index is 12.2. The Balaban J connectivity index is 3.01. The topological polar surface area (TPSA) is 119 Å². The van der Waals surface area contributed by atoms with E-state index in [0.717, 1.165) is 4.90 Å². The molecule has 0 bridgehead atoms. The third kappa shape index (κ3) is 4.05. The van der Waals surface area contributed by atoms with E-state index >= 15 is 0 Å². The van der Waals surface area contributed by atoms with Crippen LogP contribution in [0.2, 0.25) is 0 Å². The molecule has 8 nitrogen and oxygen atoms in total. The highest BCUT2D eigenvalue weighted by atomic mass is 16.6. The summed E-state index contributed by atoms with van der Waals surface area (Å²) in [5, 5.41) is 31.7. The molecule has 1 fully saturated rings. The minimum absolute atomic E-state index is 0.190. The summed E-state index contributed by atoms with van der Waals surface area (Å²) < 4.78 is 5.22. The van der Waals surface area contributed by atoms with Gasteiger partial charge >= 0.3 is 6.09 Å². The summed E-state index contributed by atoms with van der Waals surface area (Å²) in [4.78, 5) is 24.8. The van der Waals surface area contributed by atoms with Crippen LogP contribution in [0.5, 0.6) is 0 Å². The van der Waals surface area contributed by atoms with Crippen molar-refractivity contribution in [3.8, 4) is 0 Å². The second kappa shape index (κ2) is 6.59. The monoisotopic (exact) mass is 304 g/mol. The van der Waals surface area contributed by atoms with Gasteiger partial charge in [-0.2, -0.15) is 0 Å². The molecule has 0 aromatic rings. The van der Waals surface area contributed by atoms with Crippen molar-refractivity contribution in [3.63, 3.8) is 0 Å². The summed E-state index contributed by atoms with van der Waals surface area (Å²) in [5.41, 5.74) is -0.771. The van der Waals surface area contributed by atoms with Crippen LogP contribution in [0.15, 0.2) is 0 Å². The fourth-order valence-electron chi connectivity index (χ4n) is 2.32. The van der Waals surface area contributed by atoms with E-state index in [0.29, 0.717) is 0 Å². The lowest BCUT2D eigenvalue weighted by atomic mass is 10.1. The first kappa shape index (κ1) is 17.7. The second-order valence-electron chi connectivity index (χ2n) is 6.06. The number of amides is 2. The van der Waals surface area contributed by atoms with Crippen molar-refractivity contribution in [2.45, 2.75) is 57.1 Å². The Morgan fingerprint density at radius 3 is 2.14 bits per heavy atom. The number of aliphatic hydroxyl groups excluding tert-OH is 3. The third-order valence-electron chi connectivity index (χ3n) is 3.32. The lowest BCUT2D eigenvalue weighted by Gasteiger charge is -2.31. The van der Waals surface area contributed by atoms with Crippen molar-refractivity contribution in [2.75, 3.05) is 13.7 Å². The van der Waals surface area contributed by atoms with Gasteiger partial charge in [0.05, 0.1) is 18.7 Å². The average Bonchev–Trinajstić information content (AvgIpc) is 2.60. The van der Waals surface area contributed by atoms with Gasteiger partial charge in [0.25, 0.3) is 0 Å². The summed E-state index contributed by atoms with van der Waals surface area (Å²) in [7, 11) is 1.43. The molecule has 0 radical (unpaired) electrons. The molecule has 1 heterocycles. The van der Waals surface area contributed by atoms with Gasteiger partial charge in [-0.3, -0.25) is 9.69 Å². The van der Waals surface area contributed by atoms with Gasteiger partial charge in [-0.15, -0.1) is 0 Å². The number of carbonyl (C=O) groups is 2. The van der Waals surface area contributed by atoms with Gasteiger partial charge in [0, 0.05) is 13.5 Å². The predicted molar refractivity (Wildman–Crippen MR) is 73.4 cm³/mol. The molecular formula is C13H24N2O6. The molecule has 21 heavy (non-hydrogen) atoms. The number of rotatable bonds is 3. The second-order valence-corrected chi connectivity index (χ2v) is 6.06. The van der Waals surface area contributed by atoms with Gasteiger partial charge in [-0.05, 0) is 20.8 Å². The summed E-state index contributed by atoms with van der Waals surface area (Å²) in [6.07, 6.45) is -3.64. The predicted octanol–water partition coefficient (Wildman–Crippen LogP) is -1.18. The van der Waals surface area contributed by atoms with Gasteiger partial charge in [-0.25, -0.2) is 4.79 Å². The molecular weight excluding hydrogens is 280 g/mol. The number of hydrogen-bond donors (Lipinski definition) is 4.